The Bertz CT molecular complexity index is 756. The summed E-state index contributed by atoms with van der Waals surface area (Å²) in [6.45, 7) is 0. The monoisotopic (exact) mass is 257 g/mol. The Morgan fingerprint density at radius 3 is 2.20 bits per heavy atom. The number of rotatable bonds is 1. The van der Waals surface area contributed by atoms with E-state index in [2.05, 4.69) is 27.0 Å². The zero-order chi connectivity index (χ0) is 13.6. The standard InChI is InChI=1S/C17H11N3/c1-3-7-14(8-4-1)11-12-16-17(20-19-13-18-16)15-9-5-2-6-10-15/h1-10,13H. The fourth-order valence-corrected chi connectivity index (χ4v) is 1.81. The van der Waals surface area contributed by atoms with E-state index in [0.717, 1.165) is 11.1 Å². The zero-order valence-corrected chi connectivity index (χ0v) is 10.7. The van der Waals surface area contributed by atoms with Crippen molar-refractivity contribution in [2.75, 3.05) is 0 Å². The van der Waals surface area contributed by atoms with Crippen LogP contribution in [0.5, 0.6) is 0 Å². The van der Waals surface area contributed by atoms with Crippen molar-refractivity contribution in [3.63, 3.8) is 0 Å². The molecule has 0 N–H and O–H groups in total. The molecule has 0 radical (unpaired) electrons. The van der Waals surface area contributed by atoms with Crippen molar-refractivity contribution in [3.8, 4) is 23.1 Å². The molecule has 0 fully saturated rings. The Morgan fingerprint density at radius 1 is 0.750 bits per heavy atom. The lowest BCUT2D eigenvalue weighted by molar-refractivity contribution is 0.967. The van der Waals surface area contributed by atoms with Crippen LogP contribution >= 0.6 is 0 Å². The first-order chi connectivity index (χ1) is 9.93. The van der Waals surface area contributed by atoms with Crippen LogP contribution in [0.2, 0.25) is 0 Å². The second kappa shape index (κ2) is 5.77. The van der Waals surface area contributed by atoms with Crippen LogP contribution in [0, 0.1) is 11.8 Å². The molecular weight excluding hydrogens is 246 g/mol. The maximum absolute atomic E-state index is 4.22. The molecule has 0 saturated carbocycles. The number of hydrogen-bond acceptors (Lipinski definition) is 3. The Morgan fingerprint density at radius 2 is 1.45 bits per heavy atom. The van der Waals surface area contributed by atoms with E-state index >= 15 is 0 Å². The van der Waals surface area contributed by atoms with Crippen molar-refractivity contribution in [3.05, 3.63) is 78.2 Å². The fraction of sp³-hybridized carbons (Fsp3) is 0. The molecule has 3 heteroatoms. The van der Waals surface area contributed by atoms with Gasteiger partial charge in [0.15, 0.2) is 0 Å². The molecular formula is C17H11N3. The average molecular weight is 257 g/mol. The number of nitrogens with zero attached hydrogens (tertiary/aromatic N) is 3. The van der Waals surface area contributed by atoms with Crippen LogP contribution in [-0.4, -0.2) is 15.2 Å². The van der Waals surface area contributed by atoms with Crippen LogP contribution < -0.4 is 0 Å². The molecule has 20 heavy (non-hydrogen) atoms. The van der Waals surface area contributed by atoms with Gasteiger partial charge in [-0.25, -0.2) is 4.98 Å². The molecule has 0 aliphatic carbocycles. The quantitative estimate of drug-likeness (QED) is 0.629. The van der Waals surface area contributed by atoms with Crippen LogP contribution in [0.4, 0.5) is 0 Å². The van der Waals surface area contributed by atoms with Crippen LogP contribution in [0.1, 0.15) is 11.3 Å². The lowest BCUT2D eigenvalue weighted by atomic mass is 10.1. The van der Waals surface area contributed by atoms with Crippen molar-refractivity contribution < 1.29 is 0 Å². The molecule has 0 unspecified atom stereocenters. The van der Waals surface area contributed by atoms with E-state index in [4.69, 9.17) is 0 Å². The van der Waals surface area contributed by atoms with Crippen molar-refractivity contribution in [1.82, 2.24) is 15.2 Å². The van der Waals surface area contributed by atoms with E-state index in [0.29, 0.717) is 11.4 Å². The predicted molar refractivity (Wildman–Crippen MR) is 77.7 cm³/mol. The van der Waals surface area contributed by atoms with Gasteiger partial charge in [-0.1, -0.05) is 54.5 Å². The molecule has 0 spiro atoms. The first kappa shape index (κ1) is 12.1. The highest BCUT2D eigenvalue weighted by atomic mass is 15.1. The average Bonchev–Trinajstić information content (AvgIpc) is 2.55. The van der Waals surface area contributed by atoms with Crippen LogP contribution in [0.15, 0.2) is 67.0 Å². The van der Waals surface area contributed by atoms with Gasteiger partial charge in [-0.05, 0) is 18.1 Å². The van der Waals surface area contributed by atoms with Crippen molar-refractivity contribution >= 4 is 0 Å². The van der Waals surface area contributed by atoms with E-state index in [1.54, 1.807) is 0 Å². The van der Waals surface area contributed by atoms with E-state index in [1.807, 2.05) is 60.7 Å². The lowest BCUT2D eigenvalue weighted by Gasteiger charge is -2.00. The fourth-order valence-electron chi connectivity index (χ4n) is 1.81. The summed E-state index contributed by atoms with van der Waals surface area (Å²) >= 11 is 0. The van der Waals surface area contributed by atoms with Gasteiger partial charge in [-0.2, -0.15) is 0 Å². The van der Waals surface area contributed by atoms with E-state index in [-0.39, 0.29) is 0 Å². The minimum Gasteiger partial charge on any atom is -0.224 e. The van der Waals surface area contributed by atoms with Gasteiger partial charge in [-0.3, -0.25) is 0 Å². The first-order valence-electron chi connectivity index (χ1n) is 6.23. The molecule has 94 valence electrons. The van der Waals surface area contributed by atoms with Gasteiger partial charge in [0.25, 0.3) is 0 Å². The Labute approximate surface area is 117 Å². The SMILES string of the molecule is C(#Cc1ncnnc1-c1ccccc1)c1ccccc1. The van der Waals surface area contributed by atoms with Gasteiger partial charge in [-0.15, -0.1) is 10.2 Å². The molecule has 0 saturated heterocycles. The summed E-state index contributed by atoms with van der Waals surface area (Å²) < 4.78 is 0. The lowest BCUT2D eigenvalue weighted by Crippen LogP contribution is -1.95. The summed E-state index contributed by atoms with van der Waals surface area (Å²) in [7, 11) is 0. The molecule has 0 aliphatic heterocycles. The normalized spacial score (nSPS) is 9.60. The molecule has 1 aromatic heterocycles. The largest absolute Gasteiger partial charge is 0.224 e. The van der Waals surface area contributed by atoms with Gasteiger partial charge in [0.2, 0.25) is 0 Å². The highest BCUT2D eigenvalue weighted by Gasteiger charge is 2.05. The smallest absolute Gasteiger partial charge is 0.143 e. The summed E-state index contributed by atoms with van der Waals surface area (Å²) in [4.78, 5) is 4.22. The molecule has 0 atom stereocenters. The molecule has 0 aliphatic rings. The van der Waals surface area contributed by atoms with Crippen LogP contribution in [-0.2, 0) is 0 Å². The predicted octanol–water partition coefficient (Wildman–Crippen LogP) is 2.94. The number of benzene rings is 2. The molecule has 2 aromatic carbocycles. The van der Waals surface area contributed by atoms with Gasteiger partial charge in [0.05, 0.1) is 0 Å². The van der Waals surface area contributed by atoms with Crippen molar-refractivity contribution in [2.24, 2.45) is 0 Å². The molecule has 3 aromatic rings. The Hall–Kier alpha value is -2.99. The zero-order valence-electron chi connectivity index (χ0n) is 10.7. The third kappa shape index (κ3) is 2.70. The summed E-state index contributed by atoms with van der Waals surface area (Å²) in [6.07, 6.45) is 1.42. The van der Waals surface area contributed by atoms with E-state index < -0.39 is 0 Å². The van der Waals surface area contributed by atoms with Crippen molar-refractivity contribution in [2.45, 2.75) is 0 Å². The summed E-state index contributed by atoms with van der Waals surface area (Å²) in [5.41, 5.74) is 3.25. The third-order valence-corrected chi connectivity index (χ3v) is 2.77. The van der Waals surface area contributed by atoms with Gasteiger partial charge >= 0.3 is 0 Å². The summed E-state index contributed by atoms with van der Waals surface area (Å²) in [5, 5.41) is 7.99. The minimum atomic E-state index is 0.634. The Kier molecular flexibility index (Phi) is 3.48. The number of hydrogen-bond donors (Lipinski definition) is 0. The topological polar surface area (TPSA) is 38.7 Å². The maximum Gasteiger partial charge on any atom is 0.143 e. The van der Waals surface area contributed by atoms with Crippen LogP contribution in [0.25, 0.3) is 11.3 Å². The van der Waals surface area contributed by atoms with E-state index in [1.165, 1.54) is 6.33 Å². The highest BCUT2D eigenvalue weighted by molar-refractivity contribution is 5.64. The molecule has 3 nitrogen and oxygen atoms in total. The molecule has 0 bridgehead atoms. The van der Waals surface area contributed by atoms with Gasteiger partial charge < -0.3 is 0 Å². The molecule has 1 heterocycles. The third-order valence-electron chi connectivity index (χ3n) is 2.77. The summed E-state index contributed by atoms with van der Waals surface area (Å²) in [6, 6.07) is 19.6. The van der Waals surface area contributed by atoms with Crippen LogP contribution in [0.3, 0.4) is 0 Å². The van der Waals surface area contributed by atoms with E-state index in [9.17, 15) is 0 Å². The Balaban J connectivity index is 2.02. The van der Waals surface area contributed by atoms with Gasteiger partial charge in [0, 0.05) is 11.1 Å². The minimum absolute atomic E-state index is 0.634. The summed E-state index contributed by atoms with van der Waals surface area (Å²) in [5.74, 6) is 6.16. The van der Waals surface area contributed by atoms with Crippen molar-refractivity contribution in [1.29, 1.82) is 0 Å². The molecule has 3 rings (SSSR count). The second-order valence-electron chi connectivity index (χ2n) is 4.14. The highest BCUT2D eigenvalue weighted by Crippen LogP contribution is 2.17. The first-order valence-corrected chi connectivity index (χ1v) is 6.23. The maximum atomic E-state index is 4.22. The van der Waals surface area contributed by atoms with Gasteiger partial charge in [0.1, 0.15) is 17.7 Å². The second-order valence-corrected chi connectivity index (χ2v) is 4.14. The molecule has 0 amide bonds. The number of aromatic nitrogens is 3.